The van der Waals surface area contributed by atoms with Crippen LogP contribution in [0, 0.1) is 17.7 Å². The number of carbonyl (C=O) groups is 1. The van der Waals surface area contributed by atoms with Gasteiger partial charge in [0.05, 0.1) is 5.92 Å². The summed E-state index contributed by atoms with van der Waals surface area (Å²) in [5.41, 5.74) is 3.59. The van der Waals surface area contributed by atoms with Gasteiger partial charge in [0, 0.05) is 26.2 Å². The molecule has 2 saturated heterocycles. The first-order valence-corrected chi connectivity index (χ1v) is 12.1. The molecular formula is C27H36FN3O. The molecule has 1 amide bonds. The van der Waals surface area contributed by atoms with Crippen LogP contribution in [0.25, 0.3) is 0 Å². The number of nitrogens with zero attached hydrogens (tertiary/aromatic N) is 2. The average Bonchev–Trinajstić information content (AvgIpc) is 2.81. The average molecular weight is 438 g/mol. The van der Waals surface area contributed by atoms with Gasteiger partial charge in [-0.1, -0.05) is 43.3 Å². The Kier molecular flexibility index (Phi) is 7.93. The van der Waals surface area contributed by atoms with Crippen LogP contribution in [0.1, 0.15) is 49.3 Å². The zero-order chi connectivity index (χ0) is 22.3. The highest BCUT2D eigenvalue weighted by Crippen LogP contribution is 2.20. The number of carbonyl (C=O) groups excluding carboxylic acids is 1. The largest absolute Gasteiger partial charge is 0.352 e. The zero-order valence-electron chi connectivity index (χ0n) is 19.2. The lowest BCUT2D eigenvalue weighted by Gasteiger charge is -2.32. The number of amides is 1. The molecule has 4 rings (SSSR count). The van der Waals surface area contributed by atoms with Gasteiger partial charge in [-0.25, -0.2) is 4.39 Å². The van der Waals surface area contributed by atoms with E-state index in [1.54, 1.807) is 0 Å². The summed E-state index contributed by atoms with van der Waals surface area (Å²) in [5.74, 6) is 0.797. The maximum Gasteiger partial charge on any atom is 0.224 e. The molecule has 2 fully saturated rings. The lowest BCUT2D eigenvalue weighted by Crippen LogP contribution is -2.42. The van der Waals surface area contributed by atoms with Gasteiger partial charge in [-0.15, -0.1) is 0 Å². The van der Waals surface area contributed by atoms with E-state index in [9.17, 15) is 9.18 Å². The second kappa shape index (κ2) is 11.1. The molecule has 0 aromatic heterocycles. The van der Waals surface area contributed by atoms with Crippen molar-refractivity contribution in [3.63, 3.8) is 0 Å². The van der Waals surface area contributed by atoms with Crippen LogP contribution in [0.4, 0.5) is 4.39 Å². The number of piperidine rings is 2. The second-order valence-electron chi connectivity index (χ2n) is 9.70. The molecule has 0 aliphatic carbocycles. The first-order valence-electron chi connectivity index (χ1n) is 12.1. The third-order valence-corrected chi connectivity index (χ3v) is 6.94. The molecule has 0 spiro atoms. The number of likely N-dealkylation sites (tertiary alicyclic amines) is 2. The van der Waals surface area contributed by atoms with E-state index in [0.717, 1.165) is 50.5 Å². The van der Waals surface area contributed by atoms with Gasteiger partial charge in [0.1, 0.15) is 5.82 Å². The SMILES string of the molecule is CC1CCN(Cc2cccc(CNC(=O)C3CCCN(Cc4ccc(F)cc4)C3)c2)CC1. The Balaban J connectivity index is 1.25. The molecule has 2 heterocycles. The van der Waals surface area contributed by atoms with E-state index in [0.29, 0.717) is 6.54 Å². The number of hydrogen-bond donors (Lipinski definition) is 1. The third-order valence-electron chi connectivity index (χ3n) is 6.94. The van der Waals surface area contributed by atoms with E-state index in [4.69, 9.17) is 0 Å². The molecule has 4 nitrogen and oxygen atoms in total. The fraction of sp³-hybridized carbons (Fsp3) is 0.519. The van der Waals surface area contributed by atoms with E-state index in [1.165, 1.54) is 49.2 Å². The molecule has 2 aliphatic rings. The Morgan fingerprint density at radius 2 is 1.66 bits per heavy atom. The second-order valence-corrected chi connectivity index (χ2v) is 9.70. The number of halogens is 1. The van der Waals surface area contributed by atoms with Crippen LogP contribution < -0.4 is 5.32 Å². The third kappa shape index (κ3) is 6.63. The molecule has 2 aromatic carbocycles. The van der Waals surface area contributed by atoms with Crippen LogP contribution in [0.3, 0.4) is 0 Å². The van der Waals surface area contributed by atoms with Gasteiger partial charge in [0.15, 0.2) is 0 Å². The molecule has 0 bridgehead atoms. The lowest BCUT2D eigenvalue weighted by molar-refractivity contribution is -0.126. The minimum Gasteiger partial charge on any atom is -0.352 e. The van der Waals surface area contributed by atoms with Crippen LogP contribution in [-0.2, 0) is 24.4 Å². The first kappa shape index (κ1) is 22.9. The zero-order valence-corrected chi connectivity index (χ0v) is 19.2. The van der Waals surface area contributed by atoms with Crippen molar-refractivity contribution in [3.05, 3.63) is 71.0 Å². The molecule has 2 aromatic rings. The molecule has 2 aliphatic heterocycles. The van der Waals surface area contributed by atoms with Crippen molar-refractivity contribution >= 4 is 5.91 Å². The normalized spacial score (nSPS) is 20.9. The van der Waals surface area contributed by atoms with Crippen LogP contribution >= 0.6 is 0 Å². The molecule has 1 unspecified atom stereocenters. The molecule has 32 heavy (non-hydrogen) atoms. The fourth-order valence-electron chi connectivity index (χ4n) is 4.91. The monoisotopic (exact) mass is 437 g/mol. The van der Waals surface area contributed by atoms with Gasteiger partial charge >= 0.3 is 0 Å². The van der Waals surface area contributed by atoms with E-state index in [-0.39, 0.29) is 17.6 Å². The van der Waals surface area contributed by atoms with Gasteiger partial charge in [0.25, 0.3) is 0 Å². The van der Waals surface area contributed by atoms with Gasteiger partial charge in [-0.2, -0.15) is 0 Å². The Morgan fingerprint density at radius 1 is 0.938 bits per heavy atom. The van der Waals surface area contributed by atoms with Crippen molar-refractivity contribution in [1.82, 2.24) is 15.1 Å². The molecule has 1 N–H and O–H groups in total. The molecular weight excluding hydrogens is 401 g/mol. The fourth-order valence-corrected chi connectivity index (χ4v) is 4.91. The minimum absolute atomic E-state index is 0.0164. The summed E-state index contributed by atoms with van der Waals surface area (Å²) in [7, 11) is 0. The number of rotatable bonds is 7. The molecule has 1 atom stereocenters. The molecule has 0 saturated carbocycles. The van der Waals surface area contributed by atoms with Crippen molar-refractivity contribution in [1.29, 1.82) is 0 Å². The van der Waals surface area contributed by atoms with E-state index >= 15 is 0 Å². The standard InChI is InChI=1S/C27H36FN3O/c1-21-11-14-30(15-12-21)19-24-5-2-4-23(16-24)17-29-27(32)25-6-3-13-31(20-25)18-22-7-9-26(28)10-8-22/h2,4-5,7-10,16,21,25H,3,6,11-15,17-20H2,1H3,(H,29,32). The summed E-state index contributed by atoms with van der Waals surface area (Å²) in [6.07, 6.45) is 4.52. The quantitative estimate of drug-likeness (QED) is 0.688. The Morgan fingerprint density at radius 3 is 2.44 bits per heavy atom. The summed E-state index contributed by atoms with van der Waals surface area (Å²) in [6.45, 7) is 8.79. The summed E-state index contributed by atoms with van der Waals surface area (Å²) in [5, 5.41) is 3.17. The summed E-state index contributed by atoms with van der Waals surface area (Å²) in [4.78, 5) is 17.7. The Bertz CT molecular complexity index is 877. The predicted molar refractivity (Wildman–Crippen MR) is 126 cm³/mol. The Labute approximate surface area is 191 Å². The highest BCUT2D eigenvalue weighted by atomic mass is 19.1. The van der Waals surface area contributed by atoms with E-state index in [1.807, 2.05) is 12.1 Å². The van der Waals surface area contributed by atoms with Gasteiger partial charge in [0.2, 0.25) is 5.91 Å². The first-order chi connectivity index (χ1) is 15.5. The highest BCUT2D eigenvalue weighted by molar-refractivity contribution is 5.79. The predicted octanol–water partition coefficient (Wildman–Crippen LogP) is 4.59. The van der Waals surface area contributed by atoms with Crippen LogP contribution in [0.15, 0.2) is 48.5 Å². The molecule has 0 radical (unpaired) electrons. The summed E-state index contributed by atoms with van der Waals surface area (Å²) < 4.78 is 13.1. The van der Waals surface area contributed by atoms with Crippen molar-refractivity contribution in [2.75, 3.05) is 26.2 Å². The Hall–Kier alpha value is -2.24. The topological polar surface area (TPSA) is 35.6 Å². The summed E-state index contributed by atoms with van der Waals surface area (Å²) >= 11 is 0. The smallest absolute Gasteiger partial charge is 0.224 e. The highest BCUT2D eigenvalue weighted by Gasteiger charge is 2.25. The molecule has 5 heteroatoms. The van der Waals surface area contributed by atoms with E-state index < -0.39 is 0 Å². The number of hydrogen-bond acceptors (Lipinski definition) is 3. The van der Waals surface area contributed by atoms with Gasteiger partial charge < -0.3 is 5.32 Å². The van der Waals surface area contributed by atoms with E-state index in [2.05, 4.69) is 46.3 Å². The maximum absolute atomic E-state index is 13.1. The van der Waals surface area contributed by atoms with Gasteiger partial charge in [-0.3, -0.25) is 14.6 Å². The van der Waals surface area contributed by atoms with Crippen molar-refractivity contribution in [3.8, 4) is 0 Å². The van der Waals surface area contributed by atoms with Crippen molar-refractivity contribution in [2.24, 2.45) is 11.8 Å². The van der Waals surface area contributed by atoms with Gasteiger partial charge in [-0.05, 0) is 80.1 Å². The lowest BCUT2D eigenvalue weighted by atomic mass is 9.96. The van der Waals surface area contributed by atoms with Crippen molar-refractivity contribution < 1.29 is 9.18 Å². The van der Waals surface area contributed by atoms with Crippen LogP contribution in [0.2, 0.25) is 0 Å². The summed E-state index contributed by atoms with van der Waals surface area (Å²) in [6, 6.07) is 15.3. The van der Waals surface area contributed by atoms with Crippen LogP contribution in [0.5, 0.6) is 0 Å². The van der Waals surface area contributed by atoms with Crippen molar-refractivity contribution in [2.45, 2.75) is 52.2 Å². The maximum atomic E-state index is 13.1. The number of benzene rings is 2. The molecule has 172 valence electrons. The number of nitrogens with one attached hydrogen (secondary N) is 1. The van der Waals surface area contributed by atoms with Crippen LogP contribution in [-0.4, -0.2) is 41.9 Å². The minimum atomic E-state index is -0.209.